The molecule has 0 heterocycles. The van der Waals surface area contributed by atoms with Gasteiger partial charge in [0.2, 0.25) is 0 Å². The zero-order valence-electron chi connectivity index (χ0n) is 16.7. The van der Waals surface area contributed by atoms with Crippen molar-refractivity contribution in [3.63, 3.8) is 0 Å². The Kier molecular flexibility index (Phi) is 8.38. The van der Waals surface area contributed by atoms with Gasteiger partial charge in [0.25, 0.3) is 5.91 Å². The quantitative estimate of drug-likeness (QED) is 0.379. The van der Waals surface area contributed by atoms with Crippen LogP contribution in [-0.4, -0.2) is 31.3 Å². The van der Waals surface area contributed by atoms with E-state index in [1.54, 1.807) is 18.2 Å². The van der Waals surface area contributed by atoms with E-state index in [0.717, 1.165) is 6.42 Å². The number of carbonyl (C=O) groups is 1. The minimum Gasteiger partial charge on any atom is -0.493 e. The van der Waals surface area contributed by atoms with E-state index in [9.17, 15) is 4.79 Å². The summed E-state index contributed by atoms with van der Waals surface area (Å²) < 4.78 is 10.4. The summed E-state index contributed by atoms with van der Waals surface area (Å²) in [6.45, 7) is 4.50. The fourth-order valence-corrected chi connectivity index (χ4v) is 3.85. The molecule has 0 unspecified atom stereocenters. The lowest BCUT2D eigenvalue weighted by Gasteiger charge is -2.35. The normalized spacial score (nSPS) is 21.8. The number of thiocarbonyl (C=S) groups is 1. The van der Waals surface area contributed by atoms with Crippen LogP contribution in [0, 0.1) is 11.8 Å². The highest BCUT2D eigenvalue weighted by molar-refractivity contribution is 7.80. The van der Waals surface area contributed by atoms with Gasteiger partial charge in [0.05, 0.1) is 19.2 Å². The smallest absolute Gasteiger partial charge is 0.262 e. The third-order valence-electron chi connectivity index (χ3n) is 5.21. The van der Waals surface area contributed by atoms with Gasteiger partial charge in [-0.15, -0.1) is 0 Å². The molecular formula is C20H28ClN3O3S. The van der Waals surface area contributed by atoms with Gasteiger partial charge in [0.15, 0.2) is 16.6 Å². The Hall–Kier alpha value is -1.99. The van der Waals surface area contributed by atoms with Crippen LogP contribution in [0.25, 0.3) is 6.08 Å². The highest BCUT2D eigenvalue weighted by atomic mass is 35.5. The van der Waals surface area contributed by atoms with Crippen molar-refractivity contribution in [2.75, 3.05) is 14.2 Å². The molecule has 0 radical (unpaired) electrons. The molecule has 1 fully saturated rings. The van der Waals surface area contributed by atoms with E-state index in [4.69, 9.17) is 33.3 Å². The maximum absolute atomic E-state index is 12.1. The maximum Gasteiger partial charge on any atom is 0.262 e. The maximum atomic E-state index is 12.1. The lowest BCUT2D eigenvalue weighted by molar-refractivity contribution is -0.116. The first-order valence-electron chi connectivity index (χ1n) is 9.31. The van der Waals surface area contributed by atoms with Crippen molar-refractivity contribution < 1.29 is 14.3 Å². The van der Waals surface area contributed by atoms with Crippen molar-refractivity contribution in [2.24, 2.45) is 11.8 Å². The van der Waals surface area contributed by atoms with Gasteiger partial charge < -0.3 is 14.8 Å². The van der Waals surface area contributed by atoms with E-state index in [1.807, 2.05) is 0 Å². The molecule has 1 aliphatic rings. The molecule has 1 aliphatic carbocycles. The average Bonchev–Trinajstić information content (AvgIpc) is 2.67. The summed E-state index contributed by atoms with van der Waals surface area (Å²) in [6.07, 6.45) is 6.54. The van der Waals surface area contributed by atoms with Crippen LogP contribution in [0.1, 0.15) is 38.7 Å². The molecule has 0 bridgehead atoms. The molecule has 0 spiro atoms. The molecule has 0 aromatic heterocycles. The minimum atomic E-state index is -0.333. The Bertz CT molecular complexity index is 742. The Morgan fingerprint density at radius 1 is 1.21 bits per heavy atom. The molecule has 3 atom stereocenters. The molecule has 8 heteroatoms. The molecule has 6 nitrogen and oxygen atoms in total. The van der Waals surface area contributed by atoms with E-state index < -0.39 is 0 Å². The van der Waals surface area contributed by atoms with E-state index >= 15 is 0 Å². The van der Waals surface area contributed by atoms with Crippen molar-refractivity contribution in [3.05, 3.63) is 28.8 Å². The second-order valence-electron chi connectivity index (χ2n) is 7.03. The fourth-order valence-electron chi connectivity index (χ4n) is 3.36. The number of carbonyl (C=O) groups excluding carboxylic acids is 1. The Morgan fingerprint density at radius 2 is 1.96 bits per heavy atom. The molecular weight excluding hydrogens is 398 g/mol. The largest absolute Gasteiger partial charge is 0.493 e. The van der Waals surface area contributed by atoms with E-state index in [0.29, 0.717) is 45.1 Å². The molecule has 1 saturated carbocycles. The van der Waals surface area contributed by atoms with Crippen molar-refractivity contribution >= 4 is 40.9 Å². The topological polar surface area (TPSA) is 71.6 Å². The summed E-state index contributed by atoms with van der Waals surface area (Å²) in [5.41, 5.74) is 6.03. The first-order chi connectivity index (χ1) is 13.3. The van der Waals surface area contributed by atoms with Gasteiger partial charge in [0, 0.05) is 12.1 Å². The fraction of sp³-hybridized carbons (Fsp3) is 0.500. The number of methoxy groups -OCH3 is 2. The molecule has 154 valence electrons. The van der Waals surface area contributed by atoms with Gasteiger partial charge in [-0.25, -0.2) is 0 Å². The average molecular weight is 426 g/mol. The van der Waals surface area contributed by atoms with Crippen LogP contribution in [0.3, 0.4) is 0 Å². The van der Waals surface area contributed by atoms with Crippen molar-refractivity contribution in [1.29, 1.82) is 0 Å². The summed E-state index contributed by atoms with van der Waals surface area (Å²) in [7, 11) is 3.05. The minimum absolute atomic E-state index is 0.324. The van der Waals surface area contributed by atoms with E-state index in [-0.39, 0.29) is 5.91 Å². The second-order valence-corrected chi connectivity index (χ2v) is 7.85. The zero-order valence-corrected chi connectivity index (χ0v) is 18.2. The number of halogens is 1. The monoisotopic (exact) mass is 425 g/mol. The third kappa shape index (κ3) is 6.01. The zero-order chi connectivity index (χ0) is 20.7. The SMILES string of the molecule is COc1cc(/C=C/C(=O)NNC(=S)N[C@@H]2CCC[C@@H](C)[C@H]2C)cc(Cl)c1OC. The van der Waals surface area contributed by atoms with Gasteiger partial charge in [-0.2, -0.15) is 0 Å². The van der Waals surface area contributed by atoms with Crippen LogP contribution >= 0.6 is 23.8 Å². The highest BCUT2D eigenvalue weighted by Gasteiger charge is 2.27. The highest BCUT2D eigenvalue weighted by Crippen LogP contribution is 2.36. The number of hydrogen-bond acceptors (Lipinski definition) is 4. The molecule has 2 rings (SSSR count). The van der Waals surface area contributed by atoms with Crippen LogP contribution in [0.5, 0.6) is 11.5 Å². The van der Waals surface area contributed by atoms with E-state index in [2.05, 4.69) is 30.0 Å². The predicted molar refractivity (Wildman–Crippen MR) is 117 cm³/mol. The summed E-state index contributed by atoms with van der Waals surface area (Å²) >= 11 is 11.5. The summed E-state index contributed by atoms with van der Waals surface area (Å²) in [6, 6.07) is 3.75. The van der Waals surface area contributed by atoms with Gasteiger partial charge in [-0.1, -0.05) is 38.3 Å². The number of benzene rings is 1. The lowest BCUT2D eigenvalue weighted by atomic mass is 9.78. The van der Waals surface area contributed by atoms with Gasteiger partial charge in [-0.3, -0.25) is 15.6 Å². The van der Waals surface area contributed by atoms with Crippen molar-refractivity contribution in [1.82, 2.24) is 16.2 Å². The van der Waals surface area contributed by atoms with Gasteiger partial charge in [0.1, 0.15) is 0 Å². The Labute approximate surface area is 177 Å². The van der Waals surface area contributed by atoms with Gasteiger partial charge >= 0.3 is 0 Å². The van der Waals surface area contributed by atoms with Crippen LogP contribution in [0.2, 0.25) is 5.02 Å². The number of hydrogen-bond donors (Lipinski definition) is 3. The second kappa shape index (κ2) is 10.5. The Morgan fingerprint density at radius 3 is 2.64 bits per heavy atom. The van der Waals surface area contributed by atoms with Crippen LogP contribution in [0.4, 0.5) is 0 Å². The summed E-state index contributed by atoms with van der Waals surface area (Å²) in [5, 5.41) is 4.12. The van der Waals surface area contributed by atoms with Crippen LogP contribution < -0.4 is 25.6 Å². The van der Waals surface area contributed by atoms with Gasteiger partial charge in [-0.05, 0) is 54.2 Å². The number of nitrogens with one attached hydrogen (secondary N) is 3. The van der Waals surface area contributed by atoms with Crippen LogP contribution in [-0.2, 0) is 4.79 Å². The summed E-state index contributed by atoms with van der Waals surface area (Å²) in [4.78, 5) is 12.1. The predicted octanol–water partition coefficient (Wildman–Crippen LogP) is 3.69. The standard InChI is InChI=1S/C20H28ClN3O3S/c1-12-6-5-7-16(13(12)2)22-20(28)24-23-18(25)9-8-14-10-15(21)19(27-4)17(11-14)26-3/h8-13,16H,5-7H2,1-4H3,(H,23,25)(H2,22,24,28)/b9-8+/t12-,13-,16-/m1/s1. The molecule has 28 heavy (non-hydrogen) atoms. The molecule has 3 N–H and O–H groups in total. The molecule has 1 aromatic carbocycles. The summed E-state index contributed by atoms with van der Waals surface area (Å²) in [5.74, 6) is 1.82. The number of ether oxygens (including phenoxy) is 2. The number of hydrazine groups is 1. The van der Waals surface area contributed by atoms with Crippen molar-refractivity contribution in [3.8, 4) is 11.5 Å². The number of amides is 1. The lowest BCUT2D eigenvalue weighted by Crippen LogP contribution is -2.52. The molecule has 1 amide bonds. The van der Waals surface area contributed by atoms with Crippen LogP contribution in [0.15, 0.2) is 18.2 Å². The van der Waals surface area contributed by atoms with E-state index in [1.165, 1.54) is 33.1 Å². The Balaban J connectivity index is 1.86. The number of rotatable bonds is 5. The van der Waals surface area contributed by atoms with Crippen molar-refractivity contribution in [2.45, 2.75) is 39.2 Å². The first kappa shape index (κ1) is 22.3. The first-order valence-corrected chi connectivity index (χ1v) is 10.1. The molecule has 0 saturated heterocycles. The molecule has 0 aliphatic heterocycles. The molecule has 1 aromatic rings. The third-order valence-corrected chi connectivity index (χ3v) is 5.71.